The van der Waals surface area contributed by atoms with Crippen molar-refractivity contribution in [2.45, 2.75) is 45.6 Å². The molecule has 162 valence electrons. The van der Waals surface area contributed by atoms with Crippen LogP contribution in [0.25, 0.3) is 0 Å². The number of anilines is 2. The number of hydrogen-bond donors (Lipinski definition) is 1. The first-order chi connectivity index (χ1) is 14.3. The number of rotatable bonds is 6. The van der Waals surface area contributed by atoms with Gasteiger partial charge in [0, 0.05) is 37.6 Å². The number of nitrogens with one attached hydrogen (secondary N) is 1. The van der Waals surface area contributed by atoms with Crippen molar-refractivity contribution < 1.29 is 9.53 Å². The summed E-state index contributed by atoms with van der Waals surface area (Å²) in [7, 11) is 2.15. The van der Waals surface area contributed by atoms with Gasteiger partial charge in [-0.25, -0.2) is 0 Å². The highest BCUT2D eigenvalue weighted by atomic mass is 16.5. The third-order valence-electron chi connectivity index (χ3n) is 5.67. The van der Waals surface area contributed by atoms with E-state index < -0.39 is 6.10 Å². The fourth-order valence-corrected chi connectivity index (χ4v) is 3.56. The number of benzene rings is 2. The number of piperazine rings is 1. The van der Waals surface area contributed by atoms with Gasteiger partial charge in [0.1, 0.15) is 5.75 Å². The molecule has 1 fully saturated rings. The van der Waals surface area contributed by atoms with Crippen molar-refractivity contribution in [1.29, 1.82) is 0 Å². The topological polar surface area (TPSA) is 44.8 Å². The average Bonchev–Trinajstić information content (AvgIpc) is 2.73. The molecule has 2 aromatic carbocycles. The third kappa shape index (κ3) is 5.76. The zero-order valence-electron chi connectivity index (χ0n) is 18.9. The number of ether oxygens (including phenoxy) is 1. The molecular formula is C25H35N3O2. The molecule has 0 aromatic heterocycles. The second-order valence-corrected chi connectivity index (χ2v) is 9.12. The van der Waals surface area contributed by atoms with E-state index in [1.165, 1.54) is 11.3 Å². The minimum Gasteiger partial charge on any atom is -0.481 e. The van der Waals surface area contributed by atoms with E-state index in [9.17, 15) is 4.79 Å². The predicted octanol–water partition coefficient (Wildman–Crippen LogP) is 4.53. The molecule has 30 heavy (non-hydrogen) atoms. The lowest BCUT2D eigenvalue weighted by Crippen LogP contribution is -2.44. The largest absolute Gasteiger partial charge is 0.481 e. The van der Waals surface area contributed by atoms with Crippen LogP contribution >= 0.6 is 0 Å². The molecule has 5 heteroatoms. The van der Waals surface area contributed by atoms with Gasteiger partial charge >= 0.3 is 0 Å². The number of carbonyl (C=O) groups is 1. The Morgan fingerprint density at radius 3 is 2.13 bits per heavy atom. The van der Waals surface area contributed by atoms with Crippen LogP contribution in [0.15, 0.2) is 48.5 Å². The Labute approximate surface area is 181 Å². The van der Waals surface area contributed by atoms with Gasteiger partial charge in [-0.15, -0.1) is 0 Å². The van der Waals surface area contributed by atoms with Crippen molar-refractivity contribution in [2.75, 3.05) is 43.4 Å². The van der Waals surface area contributed by atoms with E-state index in [1.807, 2.05) is 31.2 Å². The predicted molar refractivity (Wildman–Crippen MR) is 125 cm³/mol. The second-order valence-electron chi connectivity index (χ2n) is 9.12. The summed E-state index contributed by atoms with van der Waals surface area (Å²) in [6, 6.07) is 16.1. The summed E-state index contributed by atoms with van der Waals surface area (Å²) in [4.78, 5) is 17.5. The van der Waals surface area contributed by atoms with Gasteiger partial charge in [-0.1, -0.05) is 39.8 Å². The summed E-state index contributed by atoms with van der Waals surface area (Å²) in [6.07, 6.45) is 0.0782. The summed E-state index contributed by atoms with van der Waals surface area (Å²) in [5.41, 5.74) is 3.33. The van der Waals surface area contributed by atoms with Gasteiger partial charge < -0.3 is 19.9 Å². The highest BCUT2D eigenvalue weighted by Crippen LogP contribution is 2.25. The Bertz CT molecular complexity index is 817. The molecule has 0 bridgehead atoms. The lowest BCUT2D eigenvalue weighted by Gasteiger charge is -2.34. The summed E-state index contributed by atoms with van der Waals surface area (Å²) in [5.74, 6) is 0.597. The molecule has 2 aromatic rings. The molecule has 1 amide bonds. The molecule has 1 heterocycles. The maximum Gasteiger partial charge on any atom is 0.265 e. The molecule has 1 atom stereocenters. The first-order valence-corrected chi connectivity index (χ1v) is 10.9. The van der Waals surface area contributed by atoms with Gasteiger partial charge in [0.05, 0.1) is 0 Å². The van der Waals surface area contributed by atoms with Crippen molar-refractivity contribution in [1.82, 2.24) is 4.90 Å². The first-order valence-electron chi connectivity index (χ1n) is 10.9. The Balaban J connectivity index is 1.58. The molecule has 1 aliphatic rings. The number of carbonyl (C=O) groups excluding carboxylic acids is 1. The van der Waals surface area contributed by atoms with Crippen LogP contribution in [0.5, 0.6) is 5.75 Å². The van der Waals surface area contributed by atoms with E-state index >= 15 is 0 Å². The summed E-state index contributed by atoms with van der Waals surface area (Å²) < 4.78 is 5.97. The normalized spacial score (nSPS) is 16.2. The van der Waals surface area contributed by atoms with Crippen molar-refractivity contribution in [3.05, 3.63) is 54.1 Å². The molecule has 3 rings (SSSR count). The Hall–Kier alpha value is -2.53. The van der Waals surface area contributed by atoms with Gasteiger partial charge in [-0.3, -0.25) is 4.79 Å². The van der Waals surface area contributed by atoms with Crippen molar-refractivity contribution in [3.8, 4) is 5.75 Å². The number of hydrogen-bond acceptors (Lipinski definition) is 4. The van der Waals surface area contributed by atoms with Crippen LogP contribution in [0.4, 0.5) is 11.4 Å². The summed E-state index contributed by atoms with van der Waals surface area (Å²) >= 11 is 0. The van der Waals surface area contributed by atoms with E-state index in [0.29, 0.717) is 6.42 Å². The number of likely N-dealkylation sites (N-methyl/N-ethyl adjacent to an activating group) is 1. The molecule has 0 saturated carbocycles. The van der Waals surface area contributed by atoms with Crippen LogP contribution in [0, 0.1) is 0 Å². The highest BCUT2D eigenvalue weighted by Gasteiger charge is 2.20. The lowest BCUT2D eigenvalue weighted by atomic mass is 9.87. The summed E-state index contributed by atoms with van der Waals surface area (Å²) in [5, 5.41) is 3.00. The minimum absolute atomic E-state index is 0.0936. The van der Waals surface area contributed by atoms with Gasteiger partial charge in [0.2, 0.25) is 0 Å². The molecule has 1 saturated heterocycles. The quantitative estimate of drug-likeness (QED) is 0.761. The first kappa shape index (κ1) is 22.2. The smallest absolute Gasteiger partial charge is 0.265 e. The van der Waals surface area contributed by atoms with E-state index in [2.05, 4.69) is 67.2 Å². The zero-order chi connectivity index (χ0) is 21.7. The van der Waals surface area contributed by atoms with Gasteiger partial charge in [0.15, 0.2) is 6.10 Å². The monoisotopic (exact) mass is 409 g/mol. The number of amides is 1. The Morgan fingerprint density at radius 2 is 1.60 bits per heavy atom. The van der Waals surface area contributed by atoms with Crippen LogP contribution in [-0.2, 0) is 10.2 Å². The fourth-order valence-electron chi connectivity index (χ4n) is 3.56. The lowest BCUT2D eigenvalue weighted by molar-refractivity contribution is -0.122. The van der Waals surface area contributed by atoms with E-state index in [1.54, 1.807) is 0 Å². The van der Waals surface area contributed by atoms with Crippen molar-refractivity contribution >= 4 is 17.3 Å². The maximum atomic E-state index is 12.7. The van der Waals surface area contributed by atoms with Gasteiger partial charge in [0.25, 0.3) is 5.91 Å². The van der Waals surface area contributed by atoms with E-state index in [0.717, 1.165) is 37.6 Å². The van der Waals surface area contributed by atoms with Crippen LogP contribution in [0.1, 0.15) is 39.7 Å². The third-order valence-corrected chi connectivity index (χ3v) is 5.67. The molecule has 0 radical (unpaired) electrons. The maximum absolute atomic E-state index is 12.7. The Morgan fingerprint density at radius 1 is 1.00 bits per heavy atom. The van der Waals surface area contributed by atoms with Gasteiger partial charge in [-0.05, 0) is 60.8 Å². The highest BCUT2D eigenvalue weighted by molar-refractivity contribution is 5.94. The average molecular weight is 410 g/mol. The van der Waals surface area contributed by atoms with E-state index in [-0.39, 0.29) is 11.3 Å². The van der Waals surface area contributed by atoms with Crippen molar-refractivity contribution in [2.24, 2.45) is 0 Å². The van der Waals surface area contributed by atoms with Crippen molar-refractivity contribution in [3.63, 3.8) is 0 Å². The van der Waals surface area contributed by atoms with Crippen LogP contribution < -0.4 is 15.0 Å². The molecule has 0 spiro atoms. The van der Waals surface area contributed by atoms with Crippen LogP contribution in [0.3, 0.4) is 0 Å². The van der Waals surface area contributed by atoms with Gasteiger partial charge in [-0.2, -0.15) is 0 Å². The summed E-state index contributed by atoms with van der Waals surface area (Å²) in [6.45, 7) is 12.7. The molecule has 0 aliphatic carbocycles. The minimum atomic E-state index is -0.525. The zero-order valence-corrected chi connectivity index (χ0v) is 18.9. The SMILES string of the molecule is CCC(Oc1ccc(C(C)(C)C)cc1)C(=O)Nc1ccc(N2CCN(C)CC2)cc1. The molecular weight excluding hydrogens is 374 g/mol. The second kappa shape index (κ2) is 9.52. The molecule has 1 N–H and O–H groups in total. The van der Waals surface area contributed by atoms with Crippen LogP contribution in [-0.4, -0.2) is 50.1 Å². The standard InChI is InChI=1S/C25H35N3O2/c1-6-23(30-22-13-7-19(8-14-22)25(2,3)4)24(29)26-20-9-11-21(12-10-20)28-17-15-27(5)16-18-28/h7-14,23H,6,15-18H2,1-5H3,(H,26,29). The molecule has 1 aliphatic heterocycles. The van der Waals surface area contributed by atoms with E-state index in [4.69, 9.17) is 4.74 Å². The number of nitrogens with zero attached hydrogens (tertiary/aromatic N) is 2. The Kier molecular flexibility index (Phi) is 7.03. The fraction of sp³-hybridized carbons (Fsp3) is 0.480. The molecule has 5 nitrogen and oxygen atoms in total. The van der Waals surface area contributed by atoms with Crippen LogP contribution in [0.2, 0.25) is 0 Å². The molecule has 1 unspecified atom stereocenters.